The molecule has 1 saturated carbocycles. The molecule has 0 bridgehead atoms. The van der Waals surface area contributed by atoms with Crippen molar-refractivity contribution in [2.75, 3.05) is 31.4 Å². The number of nitrogens with one attached hydrogen (secondary N) is 1. The van der Waals surface area contributed by atoms with Gasteiger partial charge in [0.2, 0.25) is 0 Å². The van der Waals surface area contributed by atoms with Gasteiger partial charge in [-0.2, -0.15) is 0 Å². The lowest BCUT2D eigenvalue weighted by Gasteiger charge is -2.14. The Balaban J connectivity index is 1.92. The number of hydrogen-bond acceptors (Lipinski definition) is 2. The second-order valence-corrected chi connectivity index (χ2v) is 5.52. The van der Waals surface area contributed by atoms with Crippen molar-refractivity contribution in [2.45, 2.75) is 12.8 Å². The van der Waals surface area contributed by atoms with Crippen LogP contribution < -0.4 is 10.2 Å². The topological polar surface area (TPSA) is 32.3 Å². The van der Waals surface area contributed by atoms with Gasteiger partial charge in [0.25, 0.3) is 5.91 Å². The van der Waals surface area contributed by atoms with E-state index in [1.807, 2.05) is 43.3 Å². The monoisotopic (exact) mass is 266 g/mol. The molecular weight excluding hydrogens is 248 g/mol. The molecule has 3 nitrogen and oxygen atoms in total. The Bertz CT molecular complexity index is 424. The standard InChI is InChI=1S/C14H19ClN2O/c1-17(2)12-5-3-11(4-6-12)13(18)16-10-14(9-15)7-8-14/h3-6H,7-10H2,1-2H3,(H,16,18). The van der Waals surface area contributed by atoms with Gasteiger partial charge in [-0.15, -0.1) is 11.6 Å². The molecule has 0 radical (unpaired) electrons. The molecule has 1 amide bonds. The first-order valence-electron chi connectivity index (χ1n) is 6.18. The summed E-state index contributed by atoms with van der Waals surface area (Å²) in [7, 11) is 3.96. The fourth-order valence-corrected chi connectivity index (χ4v) is 2.18. The number of halogens is 1. The fraction of sp³-hybridized carbons (Fsp3) is 0.500. The van der Waals surface area contributed by atoms with E-state index < -0.39 is 0 Å². The predicted molar refractivity (Wildman–Crippen MR) is 75.5 cm³/mol. The van der Waals surface area contributed by atoms with Gasteiger partial charge in [-0.3, -0.25) is 4.79 Å². The number of alkyl halides is 1. The molecule has 18 heavy (non-hydrogen) atoms. The van der Waals surface area contributed by atoms with Crippen LogP contribution in [0.2, 0.25) is 0 Å². The van der Waals surface area contributed by atoms with E-state index in [1.54, 1.807) is 0 Å². The van der Waals surface area contributed by atoms with Crippen molar-refractivity contribution >= 4 is 23.2 Å². The fourth-order valence-electron chi connectivity index (χ4n) is 1.82. The van der Waals surface area contributed by atoms with Crippen LogP contribution in [0.4, 0.5) is 5.69 Å². The first kappa shape index (κ1) is 13.2. The van der Waals surface area contributed by atoms with Crippen molar-refractivity contribution in [3.63, 3.8) is 0 Å². The average Bonchev–Trinajstić information content (AvgIpc) is 3.17. The minimum Gasteiger partial charge on any atom is -0.378 e. The van der Waals surface area contributed by atoms with E-state index in [-0.39, 0.29) is 11.3 Å². The number of rotatable bonds is 5. The van der Waals surface area contributed by atoms with Gasteiger partial charge in [0, 0.05) is 43.2 Å². The van der Waals surface area contributed by atoms with Crippen LogP contribution in [0.15, 0.2) is 24.3 Å². The van der Waals surface area contributed by atoms with Gasteiger partial charge >= 0.3 is 0 Å². The Kier molecular flexibility index (Phi) is 3.81. The number of nitrogens with zero attached hydrogens (tertiary/aromatic N) is 1. The summed E-state index contributed by atoms with van der Waals surface area (Å²) in [5.41, 5.74) is 1.96. The Morgan fingerprint density at radius 3 is 2.39 bits per heavy atom. The lowest BCUT2D eigenvalue weighted by Crippen LogP contribution is -2.31. The van der Waals surface area contributed by atoms with Gasteiger partial charge in [-0.05, 0) is 37.1 Å². The zero-order valence-corrected chi connectivity index (χ0v) is 11.6. The van der Waals surface area contributed by atoms with Gasteiger partial charge in [0.05, 0.1) is 0 Å². The minimum atomic E-state index is -0.0169. The third kappa shape index (κ3) is 2.96. The number of amides is 1. The number of anilines is 1. The zero-order valence-electron chi connectivity index (χ0n) is 10.9. The molecule has 1 aromatic carbocycles. The quantitative estimate of drug-likeness (QED) is 0.831. The number of carbonyl (C=O) groups is 1. The van der Waals surface area contributed by atoms with Crippen LogP contribution >= 0.6 is 11.6 Å². The van der Waals surface area contributed by atoms with Crippen LogP contribution in [0.3, 0.4) is 0 Å². The normalized spacial score (nSPS) is 16.2. The van der Waals surface area contributed by atoms with Gasteiger partial charge in [-0.25, -0.2) is 0 Å². The van der Waals surface area contributed by atoms with Crippen molar-refractivity contribution in [3.05, 3.63) is 29.8 Å². The maximum atomic E-state index is 11.9. The number of benzene rings is 1. The lowest BCUT2D eigenvalue weighted by molar-refractivity contribution is 0.0946. The molecule has 0 heterocycles. The summed E-state index contributed by atoms with van der Waals surface area (Å²) in [4.78, 5) is 14.0. The van der Waals surface area contributed by atoms with Crippen molar-refractivity contribution < 1.29 is 4.79 Å². The van der Waals surface area contributed by atoms with E-state index >= 15 is 0 Å². The Hall–Kier alpha value is -1.22. The van der Waals surface area contributed by atoms with E-state index in [4.69, 9.17) is 11.6 Å². The second kappa shape index (κ2) is 5.19. The maximum Gasteiger partial charge on any atom is 0.251 e. The van der Waals surface area contributed by atoms with Crippen molar-refractivity contribution in [2.24, 2.45) is 5.41 Å². The molecule has 0 aliphatic heterocycles. The van der Waals surface area contributed by atoms with Gasteiger partial charge < -0.3 is 10.2 Å². The van der Waals surface area contributed by atoms with Crippen LogP contribution in [-0.4, -0.2) is 32.4 Å². The molecule has 2 rings (SSSR count). The Morgan fingerprint density at radius 1 is 1.33 bits per heavy atom. The summed E-state index contributed by atoms with van der Waals surface area (Å²) in [6.45, 7) is 0.685. The molecule has 1 aliphatic carbocycles. The number of carbonyl (C=O) groups excluding carboxylic acids is 1. The van der Waals surface area contributed by atoms with Crippen LogP contribution in [0.1, 0.15) is 23.2 Å². The highest BCUT2D eigenvalue weighted by molar-refractivity contribution is 6.18. The van der Waals surface area contributed by atoms with Crippen LogP contribution in [0, 0.1) is 5.41 Å². The third-order valence-corrected chi connectivity index (χ3v) is 4.08. The van der Waals surface area contributed by atoms with Crippen molar-refractivity contribution in [3.8, 4) is 0 Å². The van der Waals surface area contributed by atoms with Gasteiger partial charge in [0.15, 0.2) is 0 Å². The molecule has 1 aliphatic rings. The summed E-state index contributed by atoms with van der Waals surface area (Å²) in [6.07, 6.45) is 2.24. The lowest BCUT2D eigenvalue weighted by atomic mass is 10.1. The molecule has 0 spiro atoms. The molecule has 1 aromatic rings. The van der Waals surface area contributed by atoms with E-state index in [0.717, 1.165) is 18.5 Å². The highest BCUT2D eigenvalue weighted by Crippen LogP contribution is 2.45. The van der Waals surface area contributed by atoms with E-state index in [0.29, 0.717) is 18.0 Å². The highest BCUT2D eigenvalue weighted by Gasteiger charge is 2.41. The Labute approximate surface area is 113 Å². The molecule has 1 N–H and O–H groups in total. The third-order valence-electron chi connectivity index (χ3n) is 3.51. The largest absolute Gasteiger partial charge is 0.378 e. The average molecular weight is 267 g/mol. The van der Waals surface area contributed by atoms with Gasteiger partial charge in [0.1, 0.15) is 0 Å². The van der Waals surface area contributed by atoms with Gasteiger partial charge in [-0.1, -0.05) is 0 Å². The van der Waals surface area contributed by atoms with E-state index in [9.17, 15) is 4.79 Å². The summed E-state index contributed by atoms with van der Waals surface area (Å²) < 4.78 is 0. The summed E-state index contributed by atoms with van der Waals surface area (Å²) in [6, 6.07) is 7.60. The molecule has 0 unspecified atom stereocenters. The summed E-state index contributed by atoms with van der Waals surface area (Å²) in [5.74, 6) is 0.615. The predicted octanol–water partition coefficient (Wildman–Crippen LogP) is 2.50. The van der Waals surface area contributed by atoms with Crippen LogP contribution in [0.25, 0.3) is 0 Å². The molecule has 4 heteroatoms. The number of hydrogen-bond donors (Lipinski definition) is 1. The van der Waals surface area contributed by atoms with Crippen LogP contribution in [0.5, 0.6) is 0 Å². The molecule has 0 saturated heterocycles. The summed E-state index contributed by atoms with van der Waals surface area (Å²) >= 11 is 5.88. The first-order valence-corrected chi connectivity index (χ1v) is 6.71. The molecule has 0 atom stereocenters. The van der Waals surface area contributed by atoms with E-state index in [1.165, 1.54) is 0 Å². The summed E-state index contributed by atoms with van der Waals surface area (Å²) in [5, 5.41) is 2.96. The first-order chi connectivity index (χ1) is 8.56. The molecule has 0 aromatic heterocycles. The maximum absolute atomic E-state index is 11.9. The Morgan fingerprint density at radius 2 is 1.94 bits per heavy atom. The van der Waals surface area contributed by atoms with Crippen molar-refractivity contribution in [1.29, 1.82) is 0 Å². The minimum absolute atomic E-state index is 0.0169. The SMILES string of the molecule is CN(C)c1ccc(C(=O)NCC2(CCl)CC2)cc1. The van der Waals surface area contributed by atoms with E-state index in [2.05, 4.69) is 5.32 Å². The molecular formula is C14H19ClN2O. The molecule has 98 valence electrons. The second-order valence-electron chi connectivity index (χ2n) is 5.26. The van der Waals surface area contributed by atoms with Crippen molar-refractivity contribution in [1.82, 2.24) is 5.32 Å². The van der Waals surface area contributed by atoms with Crippen LogP contribution in [-0.2, 0) is 0 Å². The highest BCUT2D eigenvalue weighted by atomic mass is 35.5. The smallest absolute Gasteiger partial charge is 0.251 e. The molecule has 1 fully saturated rings. The zero-order chi connectivity index (χ0) is 13.2.